The number of aromatic hydroxyl groups is 1. The number of benzene rings is 1. The lowest BCUT2D eigenvalue weighted by molar-refractivity contribution is 0.438. The molecule has 0 saturated carbocycles. The molecule has 2 aromatic heterocycles. The number of allylic oxidation sites excluding steroid dienone is 1. The molecule has 1 aromatic carbocycles. The molecular formula is C21H26N2O2S. The third-order valence-corrected chi connectivity index (χ3v) is 5.86. The lowest BCUT2D eigenvalue weighted by Crippen LogP contribution is -2.17. The largest absolute Gasteiger partial charge is 0.507 e. The lowest BCUT2D eigenvalue weighted by Gasteiger charge is -2.13. The highest BCUT2D eigenvalue weighted by atomic mass is 32.1. The first-order chi connectivity index (χ1) is 12.7. The van der Waals surface area contributed by atoms with Crippen molar-refractivity contribution in [3.8, 4) is 5.75 Å². The number of nitrogens with one attached hydrogen (secondary N) is 2. The summed E-state index contributed by atoms with van der Waals surface area (Å²) in [5.41, 5.74) is 1.47. The molecule has 0 aliphatic carbocycles. The average molecular weight is 371 g/mol. The molecule has 3 rings (SSSR count). The number of aromatic amines is 1. The standard InChI is InChI=1S/C21H26N2O2S/c1-3-14(13-22-2)7-5-4-6-8-15-18(24)10-9-17-19(15)16-11-12-26-20(16)21(25)23-17/h6,8-12,14,22,24H,3-5,7,13H2,1-2H3,(H,23,25). The number of rotatable bonds is 8. The van der Waals surface area contributed by atoms with Crippen molar-refractivity contribution in [2.45, 2.75) is 32.6 Å². The van der Waals surface area contributed by atoms with Gasteiger partial charge in [0.1, 0.15) is 10.4 Å². The Hall–Kier alpha value is -2.11. The van der Waals surface area contributed by atoms with E-state index in [1.807, 2.05) is 24.6 Å². The maximum Gasteiger partial charge on any atom is 0.266 e. The molecule has 138 valence electrons. The molecule has 0 bridgehead atoms. The van der Waals surface area contributed by atoms with Gasteiger partial charge in [0.05, 0.1) is 0 Å². The molecular weight excluding hydrogens is 344 g/mol. The highest BCUT2D eigenvalue weighted by Gasteiger charge is 2.12. The third kappa shape index (κ3) is 3.84. The third-order valence-electron chi connectivity index (χ3n) is 4.95. The van der Waals surface area contributed by atoms with Crippen LogP contribution in [0, 0.1) is 5.92 Å². The Kier molecular flexibility index (Phi) is 6.12. The minimum absolute atomic E-state index is 0.0711. The molecule has 5 heteroatoms. The van der Waals surface area contributed by atoms with Crippen molar-refractivity contribution >= 4 is 38.4 Å². The molecule has 1 unspecified atom stereocenters. The summed E-state index contributed by atoms with van der Waals surface area (Å²) in [6.07, 6.45) is 8.62. The van der Waals surface area contributed by atoms with Crippen LogP contribution in [0.15, 0.2) is 34.4 Å². The van der Waals surface area contributed by atoms with Gasteiger partial charge in [0.15, 0.2) is 0 Å². The number of aromatic nitrogens is 1. The van der Waals surface area contributed by atoms with E-state index < -0.39 is 0 Å². The summed E-state index contributed by atoms with van der Waals surface area (Å²) in [5.74, 6) is 0.963. The van der Waals surface area contributed by atoms with Crippen molar-refractivity contribution in [3.63, 3.8) is 0 Å². The second kappa shape index (κ2) is 8.52. The summed E-state index contributed by atoms with van der Waals surface area (Å²) in [6.45, 7) is 3.30. The summed E-state index contributed by atoms with van der Waals surface area (Å²) in [7, 11) is 2.00. The van der Waals surface area contributed by atoms with Crippen molar-refractivity contribution in [3.05, 3.63) is 45.6 Å². The van der Waals surface area contributed by atoms with Crippen LogP contribution in [-0.4, -0.2) is 23.7 Å². The Labute approximate surface area is 157 Å². The number of fused-ring (bicyclic) bond motifs is 3. The SMILES string of the molecule is CCC(CCCC=Cc1c(O)ccc2[nH]c(=O)c3sccc3c12)CNC. The van der Waals surface area contributed by atoms with Gasteiger partial charge < -0.3 is 15.4 Å². The smallest absolute Gasteiger partial charge is 0.266 e. The molecule has 0 aliphatic heterocycles. The predicted molar refractivity (Wildman–Crippen MR) is 112 cm³/mol. The second-order valence-corrected chi connectivity index (χ2v) is 7.62. The number of hydrogen-bond donors (Lipinski definition) is 3. The normalized spacial score (nSPS) is 13.2. The van der Waals surface area contributed by atoms with Gasteiger partial charge in [0.25, 0.3) is 5.56 Å². The number of hydrogen-bond acceptors (Lipinski definition) is 4. The average Bonchev–Trinajstić information content (AvgIpc) is 3.13. The molecule has 2 heterocycles. The molecule has 3 aromatic rings. The fraction of sp³-hybridized carbons (Fsp3) is 0.381. The molecule has 0 aliphatic rings. The topological polar surface area (TPSA) is 65.1 Å². The monoisotopic (exact) mass is 370 g/mol. The first-order valence-electron chi connectivity index (χ1n) is 9.22. The maximum atomic E-state index is 12.2. The van der Waals surface area contributed by atoms with Crippen LogP contribution < -0.4 is 10.9 Å². The van der Waals surface area contributed by atoms with Crippen LogP contribution >= 0.6 is 11.3 Å². The van der Waals surface area contributed by atoms with Crippen molar-refractivity contribution in [1.29, 1.82) is 0 Å². The highest BCUT2D eigenvalue weighted by Crippen LogP contribution is 2.33. The van der Waals surface area contributed by atoms with Gasteiger partial charge in [-0.15, -0.1) is 11.3 Å². The zero-order valence-electron chi connectivity index (χ0n) is 15.3. The van der Waals surface area contributed by atoms with E-state index in [2.05, 4.69) is 23.3 Å². The van der Waals surface area contributed by atoms with Crippen LogP contribution in [-0.2, 0) is 0 Å². The van der Waals surface area contributed by atoms with Crippen molar-refractivity contribution in [1.82, 2.24) is 10.3 Å². The van der Waals surface area contributed by atoms with Crippen LogP contribution in [0.2, 0.25) is 0 Å². The number of H-pyrrole nitrogens is 1. The zero-order valence-corrected chi connectivity index (χ0v) is 16.2. The van der Waals surface area contributed by atoms with Crippen molar-refractivity contribution in [2.24, 2.45) is 5.92 Å². The molecule has 0 fully saturated rings. The van der Waals surface area contributed by atoms with Gasteiger partial charge in [-0.3, -0.25) is 4.79 Å². The number of phenols is 1. The van der Waals surface area contributed by atoms with Gasteiger partial charge in [-0.25, -0.2) is 0 Å². The molecule has 1 atom stereocenters. The zero-order chi connectivity index (χ0) is 18.5. The van der Waals surface area contributed by atoms with E-state index in [0.717, 1.165) is 47.2 Å². The van der Waals surface area contributed by atoms with Gasteiger partial charge in [-0.1, -0.05) is 25.5 Å². The van der Waals surface area contributed by atoms with E-state index in [1.54, 1.807) is 12.1 Å². The number of phenolic OH excluding ortho intramolecular Hbond substituents is 1. The molecule has 26 heavy (non-hydrogen) atoms. The Morgan fingerprint density at radius 2 is 2.19 bits per heavy atom. The maximum absolute atomic E-state index is 12.2. The van der Waals surface area contributed by atoms with Gasteiger partial charge in [-0.05, 0) is 62.4 Å². The van der Waals surface area contributed by atoms with E-state index >= 15 is 0 Å². The van der Waals surface area contributed by atoms with E-state index in [0.29, 0.717) is 4.70 Å². The van der Waals surface area contributed by atoms with Crippen LogP contribution in [0.5, 0.6) is 5.75 Å². The van der Waals surface area contributed by atoms with Crippen LogP contribution in [0.1, 0.15) is 38.2 Å². The number of unbranched alkanes of at least 4 members (excludes halogenated alkanes) is 1. The Balaban J connectivity index is 1.84. The number of thiophene rings is 1. The van der Waals surface area contributed by atoms with Crippen LogP contribution in [0.3, 0.4) is 0 Å². The lowest BCUT2D eigenvalue weighted by atomic mass is 9.98. The second-order valence-electron chi connectivity index (χ2n) is 6.70. The molecule has 0 saturated heterocycles. The van der Waals surface area contributed by atoms with Gasteiger partial charge >= 0.3 is 0 Å². The molecule has 4 nitrogen and oxygen atoms in total. The van der Waals surface area contributed by atoms with Crippen molar-refractivity contribution < 1.29 is 5.11 Å². The molecule has 3 N–H and O–H groups in total. The minimum atomic E-state index is -0.0711. The van der Waals surface area contributed by atoms with Gasteiger partial charge in [-0.2, -0.15) is 0 Å². The van der Waals surface area contributed by atoms with E-state index in [9.17, 15) is 9.90 Å². The Morgan fingerprint density at radius 1 is 1.35 bits per heavy atom. The molecule has 0 amide bonds. The highest BCUT2D eigenvalue weighted by molar-refractivity contribution is 7.17. The summed E-state index contributed by atoms with van der Waals surface area (Å²) in [6, 6.07) is 5.37. The summed E-state index contributed by atoms with van der Waals surface area (Å²) >= 11 is 1.43. The fourth-order valence-electron chi connectivity index (χ4n) is 3.50. The summed E-state index contributed by atoms with van der Waals surface area (Å²) in [4.78, 5) is 15.1. The summed E-state index contributed by atoms with van der Waals surface area (Å²) in [5, 5.41) is 17.4. The first-order valence-corrected chi connectivity index (χ1v) is 10.1. The molecule has 0 radical (unpaired) electrons. The predicted octanol–water partition coefficient (Wildman–Crippen LogP) is 4.88. The minimum Gasteiger partial charge on any atom is -0.507 e. The number of pyridine rings is 1. The fourth-order valence-corrected chi connectivity index (χ4v) is 4.29. The Morgan fingerprint density at radius 3 is 2.96 bits per heavy atom. The summed E-state index contributed by atoms with van der Waals surface area (Å²) < 4.78 is 0.704. The first kappa shape index (κ1) is 18.7. The van der Waals surface area contributed by atoms with Crippen LogP contribution in [0.25, 0.3) is 27.1 Å². The van der Waals surface area contributed by atoms with E-state index in [4.69, 9.17) is 0 Å². The van der Waals surface area contributed by atoms with Crippen LogP contribution in [0.4, 0.5) is 0 Å². The van der Waals surface area contributed by atoms with E-state index in [-0.39, 0.29) is 11.3 Å². The van der Waals surface area contributed by atoms with Crippen molar-refractivity contribution in [2.75, 3.05) is 13.6 Å². The van der Waals surface area contributed by atoms with Gasteiger partial charge in [0.2, 0.25) is 0 Å². The van der Waals surface area contributed by atoms with Gasteiger partial charge in [0, 0.05) is 21.9 Å². The van der Waals surface area contributed by atoms with E-state index in [1.165, 1.54) is 24.2 Å². The quantitative estimate of drug-likeness (QED) is 0.495. The molecule has 0 spiro atoms. The Bertz CT molecular complexity index is 971.